The summed E-state index contributed by atoms with van der Waals surface area (Å²) < 4.78 is 0. The molecule has 3 aromatic rings. The maximum Gasteiger partial charge on any atom is 0.117 e. The minimum atomic E-state index is 0.264. The minimum Gasteiger partial charge on any atom is -0.508 e. The number of hydrogen-bond donors (Lipinski definition) is 3. The minimum absolute atomic E-state index is 0.264. The zero-order valence-corrected chi connectivity index (χ0v) is 10.9. The zero-order valence-electron chi connectivity index (χ0n) is 10.9. The van der Waals surface area contributed by atoms with Crippen LogP contribution in [0.15, 0.2) is 42.5 Å². The van der Waals surface area contributed by atoms with Crippen molar-refractivity contribution in [3.05, 3.63) is 53.9 Å². The van der Waals surface area contributed by atoms with E-state index in [2.05, 4.69) is 39.6 Å². The Bertz CT molecular complexity index is 778. The Morgan fingerprint density at radius 2 is 2.10 bits per heavy atom. The first-order chi connectivity index (χ1) is 9.79. The van der Waals surface area contributed by atoms with E-state index in [-0.39, 0.29) is 5.75 Å². The monoisotopic (exact) mass is 265 g/mol. The Morgan fingerprint density at radius 3 is 3.05 bits per heavy atom. The second-order valence-electron chi connectivity index (χ2n) is 5.25. The number of nitrogens with one attached hydrogen (secondary N) is 2. The van der Waals surface area contributed by atoms with Crippen LogP contribution >= 0.6 is 0 Å². The van der Waals surface area contributed by atoms with E-state index in [9.17, 15) is 5.11 Å². The lowest BCUT2D eigenvalue weighted by atomic mass is 9.98. The van der Waals surface area contributed by atoms with E-state index < -0.39 is 0 Å². The van der Waals surface area contributed by atoms with Gasteiger partial charge in [-0.15, -0.1) is 0 Å². The van der Waals surface area contributed by atoms with Gasteiger partial charge in [0.25, 0.3) is 0 Å². The number of aromatic nitrogens is 2. The van der Waals surface area contributed by atoms with Crippen LogP contribution in [0.4, 0.5) is 5.69 Å². The lowest BCUT2D eigenvalue weighted by Crippen LogP contribution is -2.06. The first-order valence-electron chi connectivity index (χ1n) is 6.80. The number of aromatic hydroxyl groups is 1. The molecule has 0 bridgehead atoms. The second-order valence-corrected chi connectivity index (χ2v) is 5.25. The molecule has 0 saturated carbocycles. The third-order valence-corrected chi connectivity index (χ3v) is 3.89. The molecule has 0 spiro atoms. The first-order valence-corrected chi connectivity index (χ1v) is 6.80. The fraction of sp³-hybridized carbons (Fsp3) is 0.188. The number of anilines is 1. The summed E-state index contributed by atoms with van der Waals surface area (Å²) in [6.45, 7) is 0.946. The van der Waals surface area contributed by atoms with E-state index >= 15 is 0 Å². The molecule has 4 nitrogen and oxygen atoms in total. The molecule has 1 aromatic heterocycles. The van der Waals surface area contributed by atoms with Crippen molar-refractivity contribution in [2.75, 3.05) is 11.9 Å². The van der Waals surface area contributed by atoms with Crippen molar-refractivity contribution >= 4 is 16.7 Å². The van der Waals surface area contributed by atoms with Gasteiger partial charge < -0.3 is 15.4 Å². The standard InChI is InChI=1S/C16H15N3O/c20-11-5-6-14-15(8-11)19-16(18-14)7-10-9-17-13-4-2-1-3-12(10)13/h1-6,8,10,17,20H,7,9H2,(H,18,19). The molecule has 100 valence electrons. The summed E-state index contributed by atoms with van der Waals surface area (Å²) in [5, 5.41) is 12.9. The normalized spacial score (nSPS) is 17.1. The van der Waals surface area contributed by atoms with Crippen molar-refractivity contribution in [1.82, 2.24) is 9.97 Å². The number of imidazole rings is 1. The number of rotatable bonds is 2. The third-order valence-electron chi connectivity index (χ3n) is 3.89. The van der Waals surface area contributed by atoms with Crippen molar-refractivity contribution in [2.45, 2.75) is 12.3 Å². The van der Waals surface area contributed by atoms with Crippen LogP contribution in [0.3, 0.4) is 0 Å². The summed E-state index contributed by atoms with van der Waals surface area (Å²) in [4.78, 5) is 7.89. The molecule has 0 fully saturated rings. The molecule has 0 amide bonds. The molecule has 1 aliphatic heterocycles. The van der Waals surface area contributed by atoms with Gasteiger partial charge in [-0.3, -0.25) is 0 Å². The van der Waals surface area contributed by atoms with Gasteiger partial charge >= 0.3 is 0 Å². The number of phenolic OH excluding ortho intramolecular Hbond substituents is 1. The molecule has 2 aromatic carbocycles. The van der Waals surface area contributed by atoms with Crippen LogP contribution < -0.4 is 5.32 Å². The Morgan fingerprint density at radius 1 is 1.20 bits per heavy atom. The molecule has 4 rings (SSSR count). The number of para-hydroxylation sites is 1. The van der Waals surface area contributed by atoms with Crippen LogP contribution in [0.25, 0.3) is 11.0 Å². The highest BCUT2D eigenvalue weighted by molar-refractivity contribution is 5.76. The molecule has 4 heteroatoms. The topological polar surface area (TPSA) is 60.9 Å². The fourth-order valence-corrected chi connectivity index (χ4v) is 2.92. The van der Waals surface area contributed by atoms with Gasteiger partial charge in [-0.1, -0.05) is 18.2 Å². The van der Waals surface area contributed by atoms with Gasteiger partial charge in [0.05, 0.1) is 11.0 Å². The van der Waals surface area contributed by atoms with Crippen LogP contribution in [0.2, 0.25) is 0 Å². The predicted molar refractivity (Wildman–Crippen MR) is 79.1 cm³/mol. The molecule has 1 aliphatic rings. The molecule has 1 unspecified atom stereocenters. The number of hydrogen-bond acceptors (Lipinski definition) is 3. The van der Waals surface area contributed by atoms with Crippen LogP contribution in [0, 0.1) is 0 Å². The molecule has 20 heavy (non-hydrogen) atoms. The Hall–Kier alpha value is -2.49. The van der Waals surface area contributed by atoms with Gasteiger partial charge in [-0.2, -0.15) is 0 Å². The first kappa shape index (κ1) is 11.3. The average Bonchev–Trinajstić information content (AvgIpc) is 3.03. The SMILES string of the molecule is Oc1ccc2nc(CC3CNc4ccccc43)[nH]c2c1. The summed E-state index contributed by atoms with van der Waals surface area (Å²) >= 11 is 0. The third kappa shape index (κ3) is 1.81. The second kappa shape index (κ2) is 4.27. The van der Waals surface area contributed by atoms with Crippen molar-refractivity contribution in [2.24, 2.45) is 0 Å². The molecule has 0 radical (unpaired) electrons. The fourth-order valence-electron chi connectivity index (χ4n) is 2.92. The number of fused-ring (bicyclic) bond motifs is 2. The summed E-state index contributed by atoms with van der Waals surface area (Å²) in [6.07, 6.45) is 0.874. The number of H-pyrrole nitrogens is 1. The van der Waals surface area contributed by atoms with Gasteiger partial charge in [-0.25, -0.2) is 4.98 Å². The molecular weight excluding hydrogens is 250 g/mol. The van der Waals surface area contributed by atoms with Gasteiger partial charge in [0.15, 0.2) is 0 Å². The molecule has 3 N–H and O–H groups in total. The average molecular weight is 265 g/mol. The zero-order chi connectivity index (χ0) is 13.5. The summed E-state index contributed by atoms with van der Waals surface area (Å²) in [7, 11) is 0. The van der Waals surface area contributed by atoms with Gasteiger partial charge in [0.1, 0.15) is 11.6 Å². The highest BCUT2D eigenvalue weighted by atomic mass is 16.3. The maximum atomic E-state index is 9.50. The lowest BCUT2D eigenvalue weighted by molar-refractivity contribution is 0.476. The lowest BCUT2D eigenvalue weighted by Gasteiger charge is -2.07. The van der Waals surface area contributed by atoms with E-state index in [1.165, 1.54) is 11.3 Å². The molecule has 1 atom stereocenters. The van der Waals surface area contributed by atoms with Crippen LogP contribution in [-0.2, 0) is 6.42 Å². The molecular formula is C16H15N3O. The number of nitrogens with zero attached hydrogens (tertiary/aromatic N) is 1. The number of aromatic amines is 1. The van der Waals surface area contributed by atoms with Gasteiger partial charge in [0, 0.05) is 30.6 Å². The van der Waals surface area contributed by atoms with Gasteiger partial charge in [0.2, 0.25) is 0 Å². The number of phenols is 1. The van der Waals surface area contributed by atoms with Crippen molar-refractivity contribution in [3.8, 4) is 5.75 Å². The number of benzene rings is 2. The summed E-state index contributed by atoms with van der Waals surface area (Å²) in [5.41, 5.74) is 4.37. The molecule has 2 heterocycles. The van der Waals surface area contributed by atoms with E-state index in [0.717, 1.165) is 29.8 Å². The van der Waals surface area contributed by atoms with Crippen molar-refractivity contribution in [1.29, 1.82) is 0 Å². The summed E-state index contributed by atoms with van der Waals surface area (Å²) in [5.74, 6) is 1.68. The van der Waals surface area contributed by atoms with E-state index in [4.69, 9.17) is 0 Å². The highest BCUT2D eigenvalue weighted by Crippen LogP contribution is 2.33. The van der Waals surface area contributed by atoms with Crippen molar-refractivity contribution < 1.29 is 5.11 Å². The highest BCUT2D eigenvalue weighted by Gasteiger charge is 2.22. The smallest absolute Gasteiger partial charge is 0.117 e. The van der Waals surface area contributed by atoms with Crippen LogP contribution in [0.5, 0.6) is 5.75 Å². The van der Waals surface area contributed by atoms with Crippen molar-refractivity contribution in [3.63, 3.8) is 0 Å². The van der Waals surface area contributed by atoms with Gasteiger partial charge in [-0.05, 0) is 23.8 Å². The van der Waals surface area contributed by atoms with Crippen LogP contribution in [0.1, 0.15) is 17.3 Å². The molecule has 0 saturated heterocycles. The Kier molecular flexibility index (Phi) is 2.42. The quantitative estimate of drug-likeness (QED) is 0.667. The van der Waals surface area contributed by atoms with E-state index in [1.807, 2.05) is 6.07 Å². The van der Waals surface area contributed by atoms with Crippen LogP contribution in [-0.4, -0.2) is 21.6 Å². The van der Waals surface area contributed by atoms with E-state index in [0.29, 0.717) is 5.92 Å². The Labute approximate surface area is 116 Å². The van der Waals surface area contributed by atoms with E-state index in [1.54, 1.807) is 12.1 Å². The Balaban J connectivity index is 1.65. The molecule has 0 aliphatic carbocycles. The largest absolute Gasteiger partial charge is 0.508 e. The predicted octanol–water partition coefficient (Wildman–Crippen LogP) is 3.02. The summed E-state index contributed by atoms with van der Waals surface area (Å²) in [6, 6.07) is 13.6. The maximum absolute atomic E-state index is 9.50.